The topological polar surface area (TPSA) is 59.7 Å². The van der Waals surface area contributed by atoms with Crippen molar-refractivity contribution in [3.05, 3.63) is 78.5 Å². The molecule has 0 N–H and O–H groups in total. The number of carbonyl (C=O) groups excluding carboxylic acids is 1. The number of benzene rings is 2. The second-order valence-electron chi connectivity index (χ2n) is 8.48. The van der Waals surface area contributed by atoms with E-state index in [0.29, 0.717) is 6.54 Å². The standard InChI is InChI=1S/C28H26N4O2/c1-3-7-26(33)31-16-5-4-10-24(31)28-30-27(25-19-29-15-17-32(25)28)21-11-13-22(14-12-21)34-23-9-6-8-20(2)18-23/h6,8-9,11-15,17-19,24H,4-5,10,16H2,1-2H3/t24-/m0/s1. The zero-order valence-electron chi connectivity index (χ0n) is 19.4. The van der Waals surface area contributed by atoms with Crippen LogP contribution in [0.4, 0.5) is 0 Å². The summed E-state index contributed by atoms with van der Waals surface area (Å²) in [4.78, 5) is 23.9. The monoisotopic (exact) mass is 450 g/mol. The van der Waals surface area contributed by atoms with Crippen LogP contribution in [0.5, 0.6) is 11.5 Å². The Kier molecular flexibility index (Phi) is 6.01. The number of aryl methyl sites for hydroxylation is 1. The molecule has 5 rings (SSSR count). The number of hydrogen-bond acceptors (Lipinski definition) is 4. The molecular weight excluding hydrogens is 424 g/mol. The molecule has 6 nitrogen and oxygen atoms in total. The molecule has 0 aliphatic carbocycles. The van der Waals surface area contributed by atoms with Crippen LogP contribution in [0.25, 0.3) is 16.8 Å². The first-order valence-corrected chi connectivity index (χ1v) is 11.5. The van der Waals surface area contributed by atoms with Gasteiger partial charge in [0.05, 0.1) is 23.4 Å². The van der Waals surface area contributed by atoms with Crippen LogP contribution in [0.15, 0.2) is 67.1 Å². The SMILES string of the molecule is CC#CC(=O)N1CCCC[C@H]1c1nc(-c2ccc(Oc3cccc(C)c3)cc2)c2cnccn12. The van der Waals surface area contributed by atoms with Crippen molar-refractivity contribution in [2.45, 2.75) is 39.2 Å². The Morgan fingerprint density at radius 2 is 1.97 bits per heavy atom. The van der Waals surface area contributed by atoms with E-state index in [4.69, 9.17) is 9.72 Å². The molecule has 0 spiro atoms. The second-order valence-corrected chi connectivity index (χ2v) is 8.48. The molecule has 0 bridgehead atoms. The molecule has 170 valence electrons. The number of amides is 1. The summed E-state index contributed by atoms with van der Waals surface area (Å²) >= 11 is 0. The predicted octanol–water partition coefficient (Wildman–Crippen LogP) is 5.57. The molecule has 6 heteroatoms. The third kappa shape index (κ3) is 4.25. The van der Waals surface area contributed by atoms with E-state index in [0.717, 1.165) is 58.9 Å². The number of hydrogen-bond donors (Lipinski definition) is 0. The quantitative estimate of drug-likeness (QED) is 0.381. The van der Waals surface area contributed by atoms with Crippen molar-refractivity contribution in [1.82, 2.24) is 19.3 Å². The van der Waals surface area contributed by atoms with E-state index < -0.39 is 0 Å². The van der Waals surface area contributed by atoms with Crippen molar-refractivity contribution in [2.24, 2.45) is 0 Å². The number of rotatable bonds is 4. The van der Waals surface area contributed by atoms with Crippen molar-refractivity contribution >= 4 is 11.4 Å². The molecule has 1 fully saturated rings. The van der Waals surface area contributed by atoms with Gasteiger partial charge in [0.2, 0.25) is 0 Å². The van der Waals surface area contributed by atoms with Gasteiger partial charge >= 0.3 is 0 Å². The van der Waals surface area contributed by atoms with Gasteiger partial charge in [-0.1, -0.05) is 18.1 Å². The number of likely N-dealkylation sites (tertiary alicyclic amines) is 1. The van der Waals surface area contributed by atoms with Crippen LogP contribution >= 0.6 is 0 Å². The molecule has 3 heterocycles. The van der Waals surface area contributed by atoms with Gasteiger partial charge in [-0.15, -0.1) is 0 Å². The van der Waals surface area contributed by atoms with Gasteiger partial charge in [-0.3, -0.25) is 14.2 Å². The Labute approximate surface area is 199 Å². The molecule has 2 aromatic carbocycles. The summed E-state index contributed by atoms with van der Waals surface area (Å²) in [6.07, 6.45) is 8.38. The van der Waals surface area contributed by atoms with Crippen molar-refractivity contribution in [2.75, 3.05) is 6.54 Å². The van der Waals surface area contributed by atoms with Crippen LogP contribution in [0.1, 0.15) is 43.6 Å². The smallest absolute Gasteiger partial charge is 0.299 e. The van der Waals surface area contributed by atoms with Gasteiger partial charge in [-0.05, 0) is 81.0 Å². The number of fused-ring (bicyclic) bond motifs is 1. The minimum Gasteiger partial charge on any atom is -0.457 e. The lowest BCUT2D eigenvalue weighted by Crippen LogP contribution is -2.38. The third-order valence-electron chi connectivity index (χ3n) is 6.12. The highest BCUT2D eigenvalue weighted by molar-refractivity contribution is 5.93. The predicted molar refractivity (Wildman–Crippen MR) is 131 cm³/mol. The number of ether oxygens (including phenoxy) is 1. The van der Waals surface area contributed by atoms with Gasteiger partial charge in [0.15, 0.2) is 0 Å². The molecule has 1 amide bonds. The molecule has 2 aromatic heterocycles. The largest absolute Gasteiger partial charge is 0.457 e. The van der Waals surface area contributed by atoms with Crippen LogP contribution in [0.3, 0.4) is 0 Å². The fraction of sp³-hybridized carbons (Fsp3) is 0.250. The fourth-order valence-electron chi connectivity index (χ4n) is 4.53. The van der Waals surface area contributed by atoms with E-state index in [-0.39, 0.29) is 11.9 Å². The molecule has 1 aliphatic heterocycles. The molecule has 1 aliphatic rings. The summed E-state index contributed by atoms with van der Waals surface area (Å²) in [6, 6.07) is 15.8. The van der Waals surface area contributed by atoms with Gasteiger partial charge in [-0.2, -0.15) is 0 Å². The maximum absolute atomic E-state index is 12.7. The van der Waals surface area contributed by atoms with E-state index in [2.05, 4.69) is 21.2 Å². The second kappa shape index (κ2) is 9.40. The Morgan fingerprint density at radius 1 is 1.12 bits per heavy atom. The first kappa shape index (κ1) is 21.7. The van der Waals surface area contributed by atoms with E-state index >= 15 is 0 Å². The minimum atomic E-state index is -0.141. The Hall–Kier alpha value is -4.11. The molecule has 34 heavy (non-hydrogen) atoms. The Balaban J connectivity index is 1.50. The summed E-state index contributed by atoms with van der Waals surface area (Å²) < 4.78 is 8.06. The Morgan fingerprint density at radius 3 is 2.76 bits per heavy atom. The van der Waals surface area contributed by atoms with E-state index in [1.807, 2.05) is 72.7 Å². The first-order valence-electron chi connectivity index (χ1n) is 11.5. The molecule has 0 unspecified atom stereocenters. The lowest BCUT2D eigenvalue weighted by Gasteiger charge is -2.33. The number of piperidine rings is 1. The van der Waals surface area contributed by atoms with Crippen molar-refractivity contribution in [1.29, 1.82) is 0 Å². The molecule has 1 atom stereocenters. The molecule has 1 saturated heterocycles. The zero-order chi connectivity index (χ0) is 23.5. The van der Waals surface area contributed by atoms with Gasteiger partial charge < -0.3 is 9.64 Å². The van der Waals surface area contributed by atoms with Gasteiger partial charge in [-0.25, -0.2) is 4.98 Å². The fourth-order valence-corrected chi connectivity index (χ4v) is 4.53. The lowest BCUT2D eigenvalue weighted by molar-refractivity contribution is -0.129. The van der Waals surface area contributed by atoms with E-state index in [1.54, 1.807) is 13.1 Å². The molecular formula is C28H26N4O2. The van der Waals surface area contributed by atoms with Crippen LogP contribution in [0.2, 0.25) is 0 Å². The highest BCUT2D eigenvalue weighted by atomic mass is 16.5. The van der Waals surface area contributed by atoms with Crippen molar-refractivity contribution in [3.63, 3.8) is 0 Å². The highest BCUT2D eigenvalue weighted by Gasteiger charge is 2.31. The maximum atomic E-state index is 12.7. The van der Waals surface area contributed by atoms with Gasteiger partial charge in [0.25, 0.3) is 5.91 Å². The highest BCUT2D eigenvalue weighted by Crippen LogP contribution is 2.35. The van der Waals surface area contributed by atoms with Crippen molar-refractivity contribution in [3.8, 4) is 34.6 Å². The minimum absolute atomic E-state index is 0.116. The lowest BCUT2D eigenvalue weighted by atomic mass is 10.0. The van der Waals surface area contributed by atoms with Crippen LogP contribution in [-0.2, 0) is 4.79 Å². The molecule has 0 radical (unpaired) electrons. The summed E-state index contributed by atoms with van der Waals surface area (Å²) in [5.41, 5.74) is 3.86. The number of nitrogens with zero attached hydrogens (tertiary/aromatic N) is 4. The summed E-state index contributed by atoms with van der Waals surface area (Å²) in [6.45, 7) is 4.43. The third-order valence-corrected chi connectivity index (χ3v) is 6.12. The first-order chi connectivity index (χ1) is 16.6. The molecule has 0 saturated carbocycles. The van der Waals surface area contributed by atoms with E-state index in [9.17, 15) is 4.79 Å². The van der Waals surface area contributed by atoms with Crippen LogP contribution < -0.4 is 4.74 Å². The average Bonchev–Trinajstić information content (AvgIpc) is 3.24. The Bertz CT molecular complexity index is 1400. The number of aromatic nitrogens is 3. The molecule has 4 aromatic rings. The number of carbonyl (C=O) groups is 1. The summed E-state index contributed by atoms with van der Waals surface area (Å²) in [5, 5.41) is 0. The normalized spacial score (nSPS) is 15.6. The maximum Gasteiger partial charge on any atom is 0.299 e. The van der Waals surface area contributed by atoms with Gasteiger partial charge in [0, 0.05) is 24.5 Å². The van der Waals surface area contributed by atoms with Crippen LogP contribution in [0, 0.1) is 18.8 Å². The van der Waals surface area contributed by atoms with Crippen molar-refractivity contribution < 1.29 is 9.53 Å². The van der Waals surface area contributed by atoms with Gasteiger partial charge in [0.1, 0.15) is 17.3 Å². The summed E-state index contributed by atoms with van der Waals surface area (Å²) in [7, 11) is 0. The van der Waals surface area contributed by atoms with Crippen LogP contribution in [-0.4, -0.2) is 31.7 Å². The average molecular weight is 451 g/mol. The summed E-state index contributed by atoms with van der Waals surface area (Å²) in [5.74, 6) is 7.72. The zero-order valence-corrected chi connectivity index (χ0v) is 19.4. The number of imidazole rings is 1. The van der Waals surface area contributed by atoms with E-state index in [1.165, 1.54) is 0 Å².